The summed E-state index contributed by atoms with van der Waals surface area (Å²) >= 11 is 0. The summed E-state index contributed by atoms with van der Waals surface area (Å²) in [6.45, 7) is 0. The van der Waals surface area contributed by atoms with Gasteiger partial charge >= 0.3 is 0 Å². The number of hydrogen-bond donors (Lipinski definition) is 3. The molecule has 5 heteroatoms. The van der Waals surface area contributed by atoms with Gasteiger partial charge in [0.2, 0.25) is 5.91 Å². The maximum atomic E-state index is 12.3. The molecule has 0 radical (unpaired) electrons. The zero-order valence-corrected chi connectivity index (χ0v) is 12.9. The molecule has 6 N–H and O–H groups in total. The zero-order chi connectivity index (χ0) is 16.7. The molecule has 2 atom stereocenters. The highest BCUT2D eigenvalue weighted by Crippen LogP contribution is 2.05. The molecule has 0 unspecified atom stereocenters. The Hall–Kier alpha value is -2.66. The molecule has 0 aromatic heterocycles. The molecule has 5 nitrogen and oxygen atoms in total. The first-order valence-corrected chi connectivity index (χ1v) is 7.57. The normalized spacial score (nSPS) is 13.1. The van der Waals surface area contributed by atoms with Crippen molar-refractivity contribution >= 4 is 11.8 Å². The van der Waals surface area contributed by atoms with Crippen molar-refractivity contribution in [3.05, 3.63) is 71.8 Å². The molecule has 0 saturated heterocycles. The Bertz CT molecular complexity index is 644. The maximum Gasteiger partial charge on any atom is 0.279 e. The van der Waals surface area contributed by atoms with Crippen molar-refractivity contribution in [3.8, 4) is 0 Å². The van der Waals surface area contributed by atoms with Crippen LogP contribution in [0.25, 0.3) is 0 Å². The fraction of sp³-hybridized carbons (Fsp3) is 0.222. The van der Waals surface area contributed by atoms with Crippen LogP contribution in [-0.2, 0) is 22.4 Å². The average Bonchev–Trinajstić information content (AvgIpc) is 2.56. The maximum absolute atomic E-state index is 12.3. The fourth-order valence-electron chi connectivity index (χ4n) is 2.35. The van der Waals surface area contributed by atoms with Gasteiger partial charge in [0.1, 0.15) is 6.04 Å². The van der Waals surface area contributed by atoms with Gasteiger partial charge in [0, 0.05) is 12.8 Å². The van der Waals surface area contributed by atoms with Gasteiger partial charge in [0.25, 0.3) is 5.91 Å². The molecule has 0 bridgehead atoms. The molecular weight excluding hydrogens is 290 g/mol. The van der Waals surface area contributed by atoms with Gasteiger partial charge in [-0.25, -0.2) is 0 Å². The summed E-state index contributed by atoms with van der Waals surface area (Å²) in [7, 11) is 0. The van der Waals surface area contributed by atoms with E-state index >= 15 is 0 Å². The number of amides is 2. The molecule has 0 aliphatic heterocycles. The number of nitrogens with one attached hydrogen (secondary N) is 1. The number of quaternary nitrogens is 1. The van der Waals surface area contributed by atoms with Crippen LogP contribution < -0.4 is 16.8 Å². The summed E-state index contributed by atoms with van der Waals surface area (Å²) in [5.41, 5.74) is 11.3. The van der Waals surface area contributed by atoms with Crippen LogP contribution in [0.5, 0.6) is 0 Å². The highest BCUT2D eigenvalue weighted by atomic mass is 16.2. The number of carbonyl (C=O) groups is 2. The number of benzene rings is 2. The van der Waals surface area contributed by atoms with Gasteiger partial charge in [-0.3, -0.25) is 9.59 Å². The predicted molar refractivity (Wildman–Crippen MR) is 88.1 cm³/mol. The number of hydrogen-bond acceptors (Lipinski definition) is 2. The summed E-state index contributed by atoms with van der Waals surface area (Å²) in [6, 6.07) is 17.9. The van der Waals surface area contributed by atoms with Gasteiger partial charge in [-0.05, 0) is 11.1 Å². The monoisotopic (exact) mass is 312 g/mol. The smallest absolute Gasteiger partial charge is 0.279 e. The van der Waals surface area contributed by atoms with Crippen molar-refractivity contribution in [2.24, 2.45) is 5.73 Å². The Morgan fingerprint density at radius 2 is 1.39 bits per heavy atom. The van der Waals surface area contributed by atoms with Gasteiger partial charge in [-0.2, -0.15) is 0 Å². The third-order valence-corrected chi connectivity index (χ3v) is 3.64. The summed E-state index contributed by atoms with van der Waals surface area (Å²) < 4.78 is 0. The van der Waals surface area contributed by atoms with Crippen LogP contribution in [0, 0.1) is 0 Å². The van der Waals surface area contributed by atoms with Crippen LogP contribution in [-0.4, -0.2) is 23.9 Å². The summed E-state index contributed by atoms with van der Waals surface area (Å²) in [4.78, 5) is 23.9. The van der Waals surface area contributed by atoms with Gasteiger partial charge < -0.3 is 16.8 Å². The average molecular weight is 312 g/mol. The Balaban J connectivity index is 1.96. The summed E-state index contributed by atoms with van der Waals surface area (Å²) in [5.74, 6) is -0.817. The molecule has 2 rings (SSSR count). The highest BCUT2D eigenvalue weighted by molar-refractivity contribution is 5.88. The van der Waals surface area contributed by atoms with Crippen LogP contribution in [0.3, 0.4) is 0 Å². The second kappa shape index (κ2) is 8.10. The van der Waals surface area contributed by atoms with E-state index in [1.165, 1.54) is 0 Å². The van der Waals surface area contributed by atoms with Crippen LogP contribution in [0.15, 0.2) is 60.7 Å². The van der Waals surface area contributed by atoms with Gasteiger partial charge in [0.15, 0.2) is 6.04 Å². The third kappa shape index (κ3) is 5.23. The molecule has 2 amide bonds. The molecule has 23 heavy (non-hydrogen) atoms. The quantitative estimate of drug-likeness (QED) is 0.673. The number of carbonyl (C=O) groups excluding carboxylic acids is 2. The van der Waals surface area contributed by atoms with Crippen LogP contribution in [0.4, 0.5) is 0 Å². The standard InChI is InChI=1S/C18H21N3O2/c19-15(11-13-7-3-1-4-8-13)18(23)21-16(17(20)22)12-14-9-5-2-6-10-14/h1-10,15-16H,11-12,19H2,(H2,20,22)(H,21,23)/p+1/t15-,16-/m0/s1. The van der Waals surface area contributed by atoms with Gasteiger partial charge in [0.05, 0.1) is 0 Å². The van der Waals surface area contributed by atoms with Crippen molar-refractivity contribution in [2.45, 2.75) is 24.9 Å². The molecule has 0 spiro atoms. The van der Waals surface area contributed by atoms with Crippen molar-refractivity contribution in [1.82, 2.24) is 5.32 Å². The molecule has 0 heterocycles. The third-order valence-electron chi connectivity index (χ3n) is 3.64. The number of primary amides is 1. The van der Waals surface area contributed by atoms with E-state index in [-0.39, 0.29) is 5.91 Å². The summed E-state index contributed by atoms with van der Waals surface area (Å²) in [6.07, 6.45) is 0.892. The van der Waals surface area contributed by atoms with Gasteiger partial charge in [-0.1, -0.05) is 60.7 Å². The first-order valence-electron chi connectivity index (χ1n) is 7.57. The van der Waals surface area contributed by atoms with E-state index < -0.39 is 18.0 Å². The SMILES string of the molecule is NC(=O)[C@H](Cc1ccccc1)NC(=O)[C@@H]([NH3+])Cc1ccccc1. The van der Waals surface area contributed by atoms with Crippen molar-refractivity contribution in [3.63, 3.8) is 0 Å². The Kier molecular flexibility index (Phi) is 5.88. The van der Waals surface area contributed by atoms with Crippen molar-refractivity contribution in [2.75, 3.05) is 0 Å². The lowest BCUT2D eigenvalue weighted by atomic mass is 10.0. The van der Waals surface area contributed by atoms with Crippen molar-refractivity contribution < 1.29 is 15.3 Å². The topological polar surface area (TPSA) is 99.8 Å². The lowest BCUT2D eigenvalue weighted by Gasteiger charge is -2.17. The molecule has 120 valence electrons. The highest BCUT2D eigenvalue weighted by Gasteiger charge is 2.24. The molecule has 0 fully saturated rings. The Morgan fingerprint density at radius 1 is 0.913 bits per heavy atom. The summed E-state index contributed by atoms with van der Waals surface area (Å²) in [5, 5.41) is 2.71. The minimum atomic E-state index is -0.732. The van der Waals surface area contributed by atoms with E-state index in [4.69, 9.17) is 5.73 Å². The Morgan fingerprint density at radius 3 is 1.87 bits per heavy atom. The van der Waals surface area contributed by atoms with E-state index in [0.29, 0.717) is 12.8 Å². The largest absolute Gasteiger partial charge is 0.368 e. The van der Waals surface area contributed by atoms with E-state index in [1.54, 1.807) is 0 Å². The van der Waals surface area contributed by atoms with E-state index in [0.717, 1.165) is 11.1 Å². The van der Waals surface area contributed by atoms with E-state index in [2.05, 4.69) is 11.1 Å². The first kappa shape index (κ1) is 16.7. The lowest BCUT2D eigenvalue weighted by Crippen LogP contribution is -2.69. The molecule has 0 saturated carbocycles. The van der Waals surface area contributed by atoms with Crippen LogP contribution in [0.1, 0.15) is 11.1 Å². The second-order valence-electron chi connectivity index (χ2n) is 5.54. The molecule has 0 aliphatic carbocycles. The molecule has 2 aromatic rings. The number of rotatable bonds is 7. The Labute approximate surface area is 135 Å². The lowest BCUT2D eigenvalue weighted by molar-refractivity contribution is -0.403. The van der Waals surface area contributed by atoms with E-state index in [1.807, 2.05) is 60.7 Å². The number of nitrogens with two attached hydrogens (primary N) is 1. The zero-order valence-electron chi connectivity index (χ0n) is 12.9. The fourth-order valence-corrected chi connectivity index (χ4v) is 2.35. The second-order valence-corrected chi connectivity index (χ2v) is 5.54. The minimum absolute atomic E-state index is 0.270. The minimum Gasteiger partial charge on any atom is -0.368 e. The molecular formula is C18H22N3O2+. The van der Waals surface area contributed by atoms with Crippen LogP contribution in [0.2, 0.25) is 0 Å². The molecule has 2 aromatic carbocycles. The van der Waals surface area contributed by atoms with Crippen LogP contribution >= 0.6 is 0 Å². The molecule has 0 aliphatic rings. The first-order chi connectivity index (χ1) is 11.1. The van der Waals surface area contributed by atoms with Gasteiger partial charge in [-0.15, -0.1) is 0 Å². The van der Waals surface area contributed by atoms with Crippen molar-refractivity contribution in [1.29, 1.82) is 0 Å². The van der Waals surface area contributed by atoms with E-state index in [9.17, 15) is 9.59 Å². The predicted octanol–water partition coefficient (Wildman–Crippen LogP) is 0.0524.